The molecule has 24 heavy (non-hydrogen) atoms. The van der Waals surface area contributed by atoms with Crippen molar-refractivity contribution in [2.24, 2.45) is 5.73 Å². The third kappa shape index (κ3) is 2.57. The summed E-state index contributed by atoms with van der Waals surface area (Å²) in [6, 6.07) is 4.83. The fourth-order valence-electron chi connectivity index (χ4n) is 2.96. The van der Waals surface area contributed by atoms with Gasteiger partial charge in [0, 0.05) is 40.8 Å². The van der Waals surface area contributed by atoms with E-state index in [0.29, 0.717) is 28.7 Å². The molecule has 1 aliphatic rings. The van der Waals surface area contributed by atoms with Gasteiger partial charge in [-0.3, -0.25) is 9.69 Å². The van der Waals surface area contributed by atoms with E-state index >= 15 is 0 Å². The maximum absolute atomic E-state index is 12.9. The number of H-pyrrole nitrogens is 1. The largest absolute Gasteiger partial charge is 0.366 e. The maximum atomic E-state index is 12.9. The molecular formula is C16H13F2N4OS. The topological polar surface area (TPSA) is 75.0 Å². The molecule has 1 saturated heterocycles. The lowest BCUT2D eigenvalue weighted by Gasteiger charge is -2.38. The average Bonchev–Trinajstić information content (AvgIpc) is 3.12. The number of nitrogens with two attached hydrogens (primary N) is 1. The van der Waals surface area contributed by atoms with E-state index in [1.807, 2.05) is 11.4 Å². The number of amides is 1. The second-order valence-corrected chi connectivity index (χ2v) is 6.87. The summed E-state index contributed by atoms with van der Waals surface area (Å²) in [4.78, 5) is 21.7. The molecule has 8 heteroatoms. The fraction of sp³-hybridized carbons (Fsp3) is 0.250. The molecule has 0 saturated carbocycles. The van der Waals surface area contributed by atoms with Gasteiger partial charge in [0.05, 0.1) is 18.7 Å². The molecule has 1 amide bonds. The van der Waals surface area contributed by atoms with Crippen LogP contribution in [0.15, 0.2) is 23.8 Å². The van der Waals surface area contributed by atoms with Crippen LogP contribution in [0.3, 0.4) is 0 Å². The third-order valence-corrected chi connectivity index (χ3v) is 4.93. The van der Waals surface area contributed by atoms with Crippen LogP contribution in [-0.4, -0.2) is 39.8 Å². The molecule has 5 nitrogen and oxygen atoms in total. The molecule has 0 unspecified atom stereocenters. The van der Waals surface area contributed by atoms with Gasteiger partial charge in [-0.05, 0) is 17.0 Å². The molecular weight excluding hydrogens is 334 g/mol. The first-order valence-electron chi connectivity index (χ1n) is 7.28. The molecule has 3 aromatic heterocycles. The minimum Gasteiger partial charge on any atom is -0.366 e. The highest BCUT2D eigenvalue weighted by Crippen LogP contribution is 2.34. The molecule has 1 radical (unpaired) electrons. The predicted octanol–water partition coefficient (Wildman–Crippen LogP) is 2.64. The Kier molecular flexibility index (Phi) is 3.40. The van der Waals surface area contributed by atoms with Gasteiger partial charge in [-0.15, -0.1) is 11.3 Å². The van der Waals surface area contributed by atoms with E-state index in [0.717, 1.165) is 10.4 Å². The lowest BCUT2D eigenvalue weighted by atomic mass is 10.0. The molecule has 0 bridgehead atoms. The van der Waals surface area contributed by atoms with Gasteiger partial charge in [-0.1, -0.05) is 0 Å². The number of aromatic nitrogens is 2. The van der Waals surface area contributed by atoms with Crippen LogP contribution >= 0.6 is 11.3 Å². The SMILES string of the molecule is NC(=O)c1c(-c2csc(CN3CC(F)(F)C3)c2)cnc2[nH]c[c]c12. The van der Waals surface area contributed by atoms with E-state index in [1.54, 1.807) is 17.3 Å². The lowest BCUT2D eigenvalue weighted by molar-refractivity contribution is -0.133. The minimum atomic E-state index is -2.57. The Balaban J connectivity index is 1.66. The van der Waals surface area contributed by atoms with Crippen molar-refractivity contribution >= 4 is 28.3 Å². The van der Waals surface area contributed by atoms with Crippen molar-refractivity contribution < 1.29 is 13.6 Å². The van der Waals surface area contributed by atoms with Crippen LogP contribution in [-0.2, 0) is 6.54 Å². The smallest absolute Gasteiger partial charge is 0.272 e. The van der Waals surface area contributed by atoms with Crippen molar-refractivity contribution in [3.8, 4) is 11.1 Å². The van der Waals surface area contributed by atoms with Gasteiger partial charge in [0.1, 0.15) is 5.65 Å². The molecule has 0 atom stereocenters. The summed E-state index contributed by atoms with van der Waals surface area (Å²) in [5.74, 6) is -3.12. The van der Waals surface area contributed by atoms with Crippen molar-refractivity contribution in [3.05, 3.63) is 40.3 Å². The lowest BCUT2D eigenvalue weighted by Crippen LogP contribution is -2.55. The zero-order valence-electron chi connectivity index (χ0n) is 12.5. The highest BCUT2D eigenvalue weighted by molar-refractivity contribution is 7.10. The Hall–Kier alpha value is -2.32. The average molecular weight is 347 g/mol. The Bertz CT molecular complexity index is 925. The first-order chi connectivity index (χ1) is 11.4. The summed E-state index contributed by atoms with van der Waals surface area (Å²) in [7, 11) is 0. The van der Waals surface area contributed by atoms with Crippen molar-refractivity contribution in [2.45, 2.75) is 12.5 Å². The molecule has 0 aromatic carbocycles. The first kappa shape index (κ1) is 15.2. The highest BCUT2D eigenvalue weighted by Gasteiger charge is 2.43. The van der Waals surface area contributed by atoms with Gasteiger partial charge in [-0.2, -0.15) is 0 Å². The van der Waals surface area contributed by atoms with Gasteiger partial charge in [0.2, 0.25) is 5.91 Å². The zero-order valence-corrected chi connectivity index (χ0v) is 13.3. The van der Waals surface area contributed by atoms with E-state index in [2.05, 4.69) is 16.0 Å². The summed E-state index contributed by atoms with van der Waals surface area (Å²) < 4.78 is 25.8. The normalized spacial score (nSPS) is 17.1. The second-order valence-electron chi connectivity index (χ2n) is 5.87. The van der Waals surface area contributed by atoms with Crippen molar-refractivity contribution in [3.63, 3.8) is 0 Å². The number of carbonyl (C=O) groups is 1. The molecule has 4 rings (SSSR count). The highest BCUT2D eigenvalue weighted by atomic mass is 32.1. The third-order valence-electron chi connectivity index (χ3n) is 4.00. The molecule has 0 aliphatic carbocycles. The number of thiophene rings is 1. The monoisotopic (exact) mass is 347 g/mol. The Labute approximate surface area is 140 Å². The zero-order chi connectivity index (χ0) is 16.9. The van der Waals surface area contributed by atoms with Crippen LogP contribution in [0.5, 0.6) is 0 Å². The van der Waals surface area contributed by atoms with Crippen LogP contribution < -0.4 is 5.73 Å². The van der Waals surface area contributed by atoms with E-state index in [1.165, 1.54) is 11.3 Å². The van der Waals surface area contributed by atoms with E-state index in [4.69, 9.17) is 5.73 Å². The molecule has 3 aromatic rings. The van der Waals surface area contributed by atoms with Gasteiger partial charge >= 0.3 is 0 Å². The number of likely N-dealkylation sites (tertiary alicyclic amines) is 1. The van der Waals surface area contributed by atoms with Gasteiger partial charge in [-0.25, -0.2) is 13.8 Å². The van der Waals surface area contributed by atoms with Crippen molar-refractivity contribution in [1.82, 2.24) is 14.9 Å². The fourth-order valence-corrected chi connectivity index (χ4v) is 3.88. The van der Waals surface area contributed by atoms with Crippen LogP contribution in [0.2, 0.25) is 0 Å². The number of fused-ring (bicyclic) bond motifs is 1. The second kappa shape index (κ2) is 5.35. The van der Waals surface area contributed by atoms with Gasteiger partial charge < -0.3 is 10.7 Å². The maximum Gasteiger partial charge on any atom is 0.272 e. The first-order valence-corrected chi connectivity index (χ1v) is 8.16. The van der Waals surface area contributed by atoms with Crippen molar-refractivity contribution in [1.29, 1.82) is 0 Å². The van der Waals surface area contributed by atoms with Crippen LogP contribution in [0.25, 0.3) is 22.2 Å². The quantitative estimate of drug-likeness (QED) is 0.762. The number of carbonyl (C=O) groups excluding carboxylic acids is 1. The minimum absolute atomic E-state index is 0.210. The number of primary amides is 1. The van der Waals surface area contributed by atoms with E-state index < -0.39 is 11.8 Å². The van der Waals surface area contributed by atoms with E-state index in [9.17, 15) is 13.6 Å². The number of aromatic amines is 1. The number of rotatable bonds is 4. The predicted molar refractivity (Wildman–Crippen MR) is 87.0 cm³/mol. The molecule has 3 N–H and O–H groups in total. The Morgan fingerprint density at radius 3 is 3.00 bits per heavy atom. The summed E-state index contributed by atoms with van der Waals surface area (Å²) in [5.41, 5.74) is 7.88. The number of alkyl halides is 2. The number of hydrogen-bond donors (Lipinski definition) is 2. The van der Waals surface area contributed by atoms with E-state index in [-0.39, 0.29) is 13.1 Å². The molecule has 0 spiro atoms. The number of nitrogens with zero attached hydrogens (tertiary/aromatic N) is 2. The number of nitrogens with one attached hydrogen (secondary N) is 1. The number of hydrogen-bond acceptors (Lipinski definition) is 4. The Morgan fingerprint density at radius 2 is 2.29 bits per heavy atom. The van der Waals surface area contributed by atoms with Crippen LogP contribution in [0.1, 0.15) is 15.2 Å². The van der Waals surface area contributed by atoms with Gasteiger partial charge in [0.25, 0.3) is 5.92 Å². The summed E-state index contributed by atoms with van der Waals surface area (Å²) in [6.07, 6.45) is 3.17. The molecule has 1 fully saturated rings. The summed E-state index contributed by atoms with van der Waals surface area (Å²) in [6.45, 7) is 0.0509. The van der Waals surface area contributed by atoms with Crippen molar-refractivity contribution in [2.75, 3.05) is 13.1 Å². The Morgan fingerprint density at radius 1 is 1.50 bits per heavy atom. The molecule has 4 heterocycles. The summed E-state index contributed by atoms with van der Waals surface area (Å²) in [5, 5.41) is 2.44. The molecule has 1 aliphatic heterocycles. The number of halogens is 2. The molecule has 123 valence electrons. The standard InChI is InChI=1S/C16H13F2N4OS/c17-16(18)7-22(8-16)5-10-3-9(6-24-10)12-4-21-15-11(1-2-20-15)13(12)14(19)23/h2-4,6H,5,7-8H2,(H2,19,23)(H,20,21). The van der Waals surface area contributed by atoms with Gasteiger partial charge in [0.15, 0.2) is 0 Å². The van der Waals surface area contributed by atoms with Crippen LogP contribution in [0, 0.1) is 6.07 Å². The van der Waals surface area contributed by atoms with Crippen LogP contribution in [0.4, 0.5) is 8.78 Å². The summed E-state index contributed by atoms with van der Waals surface area (Å²) >= 11 is 1.47. The number of pyridine rings is 1.